The lowest BCUT2D eigenvalue weighted by Gasteiger charge is -2.38. The molecular formula is C25H25N5O2. The third-order valence-electron chi connectivity index (χ3n) is 5.87. The van der Waals surface area contributed by atoms with Crippen LogP contribution >= 0.6 is 0 Å². The van der Waals surface area contributed by atoms with Crippen LogP contribution in [0.1, 0.15) is 46.8 Å². The van der Waals surface area contributed by atoms with Gasteiger partial charge in [0.25, 0.3) is 5.91 Å². The van der Waals surface area contributed by atoms with Crippen molar-refractivity contribution >= 4 is 5.91 Å². The van der Waals surface area contributed by atoms with E-state index >= 15 is 0 Å². The van der Waals surface area contributed by atoms with E-state index in [-0.39, 0.29) is 18.1 Å². The van der Waals surface area contributed by atoms with Crippen LogP contribution in [-0.2, 0) is 0 Å². The number of aromatic nitrogens is 3. The molecule has 1 aliphatic heterocycles. The highest BCUT2D eigenvalue weighted by Gasteiger charge is 2.32. The Bertz CT molecular complexity index is 1170. The van der Waals surface area contributed by atoms with E-state index in [2.05, 4.69) is 27.9 Å². The maximum Gasteiger partial charge on any atom is 0.254 e. The Kier molecular flexibility index (Phi) is 6.13. The van der Waals surface area contributed by atoms with E-state index in [0.29, 0.717) is 34.9 Å². The zero-order valence-corrected chi connectivity index (χ0v) is 18.4. The molecule has 7 nitrogen and oxygen atoms in total. The minimum Gasteiger partial charge on any atom is -0.472 e. The third kappa shape index (κ3) is 4.30. The average molecular weight is 428 g/mol. The van der Waals surface area contributed by atoms with E-state index in [1.165, 1.54) is 0 Å². The number of carbonyl (C=O) groups is 1. The number of aryl methyl sites for hydroxylation is 1. The van der Waals surface area contributed by atoms with E-state index in [9.17, 15) is 10.1 Å². The largest absolute Gasteiger partial charge is 0.472 e. The Labute approximate surface area is 187 Å². The highest BCUT2D eigenvalue weighted by atomic mass is 16.5. The van der Waals surface area contributed by atoms with Crippen molar-refractivity contribution in [3.05, 3.63) is 71.2 Å². The maximum absolute atomic E-state index is 13.6. The fraction of sp³-hybridized carbons (Fsp3) is 0.320. The van der Waals surface area contributed by atoms with E-state index < -0.39 is 0 Å². The normalized spacial score (nSPS) is 18.1. The number of nitrogens with zero attached hydrogens (tertiary/aromatic N) is 5. The zero-order valence-electron chi connectivity index (χ0n) is 18.4. The number of amides is 1. The summed E-state index contributed by atoms with van der Waals surface area (Å²) in [4.78, 5) is 28.5. The summed E-state index contributed by atoms with van der Waals surface area (Å²) < 4.78 is 6.15. The van der Waals surface area contributed by atoms with Crippen molar-refractivity contribution in [3.8, 4) is 23.3 Å². The standard InChI is InChI=1S/C25H25N5O2/c1-16-5-8-21(22(13-16)23-27-10-4-11-28-23)25(31)30-15-20(7-6-17(30)2)32-24-18(3)19(14-26)9-12-29-24/h4-5,8-13,17,20H,6-7,15H2,1-3H3/t17-,20-/m1/s1. The van der Waals surface area contributed by atoms with Gasteiger partial charge in [0.1, 0.15) is 6.10 Å². The molecule has 1 fully saturated rings. The summed E-state index contributed by atoms with van der Waals surface area (Å²) in [5, 5.41) is 9.27. The quantitative estimate of drug-likeness (QED) is 0.622. The topological polar surface area (TPSA) is 92.0 Å². The Morgan fingerprint density at radius 3 is 2.66 bits per heavy atom. The molecule has 32 heavy (non-hydrogen) atoms. The first-order chi connectivity index (χ1) is 15.5. The lowest BCUT2D eigenvalue weighted by atomic mass is 9.97. The number of carbonyl (C=O) groups excluding carboxylic acids is 1. The zero-order chi connectivity index (χ0) is 22.7. The molecule has 2 aromatic heterocycles. The number of ether oxygens (including phenoxy) is 1. The van der Waals surface area contributed by atoms with E-state index in [1.807, 2.05) is 36.9 Å². The number of nitriles is 1. The predicted molar refractivity (Wildman–Crippen MR) is 120 cm³/mol. The Hall–Kier alpha value is -3.79. The summed E-state index contributed by atoms with van der Waals surface area (Å²) in [5.74, 6) is 0.915. The lowest BCUT2D eigenvalue weighted by molar-refractivity contribution is 0.0371. The fourth-order valence-corrected chi connectivity index (χ4v) is 3.99. The van der Waals surface area contributed by atoms with E-state index in [4.69, 9.17) is 4.74 Å². The maximum atomic E-state index is 13.6. The molecule has 0 radical (unpaired) electrons. The van der Waals surface area contributed by atoms with Gasteiger partial charge in [0, 0.05) is 35.8 Å². The van der Waals surface area contributed by atoms with Gasteiger partial charge in [-0.3, -0.25) is 4.79 Å². The molecule has 0 spiro atoms. The first-order valence-electron chi connectivity index (χ1n) is 10.7. The van der Waals surface area contributed by atoms with Crippen molar-refractivity contribution in [1.29, 1.82) is 5.26 Å². The molecule has 0 saturated carbocycles. The van der Waals surface area contributed by atoms with Gasteiger partial charge in [0.05, 0.1) is 23.7 Å². The number of rotatable bonds is 4. The number of piperidine rings is 1. The monoisotopic (exact) mass is 427 g/mol. The molecule has 2 atom stereocenters. The van der Waals surface area contributed by atoms with Gasteiger partial charge in [-0.05, 0) is 57.9 Å². The van der Waals surface area contributed by atoms with Crippen molar-refractivity contribution in [2.24, 2.45) is 0 Å². The molecule has 0 unspecified atom stereocenters. The molecule has 7 heteroatoms. The number of pyridine rings is 1. The SMILES string of the molecule is Cc1ccc(C(=O)N2C[C@H](Oc3nccc(C#N)c3C)CC[C@H]2C)c(-c2ncccn2)c1. The van der Waals surface area contributed by atoms with Crippen molar-refractivity contribution < 1.29 is 9.53 Å². The second-order valence-corrected chi connectivity index (χ2v) is 8.15. The smallest absolute Gasteiger partial charge is 0.254 e. The van der Waals surface area contributed by atoms with Gasteiger partial charge in [-0.25, -0.2) is 15.0 Å². The summed E-state index contributed by atoms with van der Waals surface area (Å²) in [6, 6.07) is 11.4. The van der Waals surface area contributed by atoms with E-state index in [0.717, 1.165) is 24.0 Å². The van der Waals surface area contributed by atoms with Crippen LogP contribution in [0, 0.1) is 25.2 Å². The van der Waals surface area contributed by atoms with Gasteiger partial charge >= 0.3 is 0 Å². The minimum absolute atomic E-state index is 0.0660. The molecule has 162 valence electrons. The van der Waals surface area contributed by atoms with Crippen LogP contribution in [0.25, 0.3) is 11.4 Å². The number of likely N-dealkylation sites (tertiary alicyclic amines) is 1. The first-order valence-corrected chi connectivity index (χ1v) is 10.7. The average Bonchev–Trinajstić information content (AvgIpc) is 2.81. The Morgan fingerprint density at radius 2 is 1.91 bits per heavy atom. The molecular weight excluding hydrogens is 402 g/mol. The van der Waals surface area contributed by atoms with Crippen LogP contribution in [0.15, 0.2) is 48.9 Å². The highest BCUT2D eigenvalue weighted by Crippen LogP contribution is 2.28. The van der Waals surface area contributed by atoms with Gasteiger partial charge < -0.3 is 9.64 Å². The summed E-state index contributed by atoms with van der Waals surface area (Å²) in [5.41, 5.74) is 3.60. The number of hydrogen-bond donors (Lipinski definition) is 0. The lowest BCUT2D eigenvalue weighted by Crippen LogP contribution is -2.49. The van der Waals surface area contributed by atoms with Crippen LogP contribution in [0.5, 0.6) is 5.88 Å². The summed E-state index contributed by atoms with van der Waals surface area (Å²) in [6.45, 7) is 6.31. The summed E-state index contributed by atoms with van der Waals surface area (Å²) >= 11 is 0. The fourth-order valence-electron chi connectivity index (χ4n) is 3.99. The van der Waals surface area contributed by atoms with Crippen molar-refractivity contribution in [3.63, 3.8) is 0 Å². The third-order valence-corrected chi connectivity index (χ3v) is 5.87. The molecule has 3 aromatic rings. The summed E-state index contributed by atoms with van der Waals surface area (Å²) in [6.07, 6.45) is 6.36. The second-order valence-electron chi connectivity index (χ2n) is 8.15. The molecule has 0 bridgehead atoms. The van der Waals surface area contributed by atoms with E-state index in [1.54, 1.807) is 30.7 Å². The van der Waals surface area contributed by atoms with Crippen LogP contribution in [0.2, 0.25) is 0 Å². The van der Waals surface area contributed by atoms with Gasteiger partial charge in [-0.2, -0.15) is 5.26 Å². The molecule has 3 heterocycles. The molecule has 1 aliphatic rings. The van der Waals surface area contributed by atoms with Crippen molar-refractivity contribution in [1.82, 2.24) is 19.9 Å². The van der Waals surface area contributed by atoms with Gasteiger partial charge in [-0.15, -0.1) is 0 Å². The highest BCUT2D eigenvalue weighted by molar-refractivity contribution is 6.00. The number of hydrogen-bond acceptors (Lipinski definition) is 6. The van der Waals surface area contributed by atoms with Gasteiger partial charge in [0.15, 0.2) is 5.82 Å². The van der Waals surface area contributed by atoms with Crippen molar-refractivity contribution in [2.45, 2.75) is 45.8 Å². The first kappa shape index (κ1) is 21.4. The second kappa shape index (κ2) is 9.15. The van der Waals surface area contributed by atoms with Crippen LogP contribution < -0.4 is 4.74 Å². The summed E-state index contributed by atoms with van der Waals surface area (Å²) in [7, 11) is 0. The van der Waals surface area contributed by atoms with Gasteiger partial charge in [0.2, 0.25) is 5.88 Å². The molecule has 0 N–H and O–H groups in total. The van der Waals surface area contributed by atoms with Crippen LogP contribution in [0.3, 0.4) is 0 Å². The predicted octanol–water partition coefficient (Wildman–Crippen LogP) is 4.10. The van der Waals surface area contributed by atoms with Crippen LogP contribution in [0.4, 0.5) is 0 Å². The van der Waals surface area contributed by atoms with Crippen molar-refractivity contribution in [2.75, 3.05) is 6.54 Å². The molecule has 1 aromatic carbocycles. The minimum atomic E-state index is -0.197. The number of benzene rings is 1. The van der Waals surface area contributed by atoms with Crippen LogP contribution in [-0.4, -0.2) is 44.4 Å². The molecule has 0 aliphatic carbocycles. The Morgan fingerprint density at radius 1 is 1.12 bits per heavy atom. The van der Waals surface area contributed by atoms with Gasteiger partial charge in [-0.1, -0.05) is 11.6 Å². The molecule has 4 rings (SSSR count). The molecule has 1 saturated heterocycles. The Balaban J connectivity index is 1.60. The molecule has 1 amide bonds.